The van der Waals surface area contributed by atoms with Crippen LogP contribution in [0, 0.1) is 0 Å². The molecule has 0 bridgehead atoms. The summed E-state index contributed by atoms with van der Waals surface area (Å²) in [6.45, 7) is 2.84. The first-order valence-corrected chi connectivity index (χ1v) is 9.89. The molecule has 1 amide bonds. The Morgan fingerprint density at radius 2 is 2.08 bits per heavy atom. The molecule has 3 heterocycles. The maximum Gasteiger partial charge on any atom is 0.244 e. The lowest BCUT2D eigenvalue weighted by atomic mass is 10.2. The minimum absolute atomic E-state index is 0.0915. The molecule has 1 unspecified atom stereocenters. The summed E-state index contributed by atoms with van der Waals surface area (Å²) in [6, 6.07) is 14.3. The van der Waals surface area contributed by atoms with E-state index in [1.807, 2.05) is 30.3 Å². The highest BCUT2D eigenvalue weighted by Gasteiger charge is 2.24. The van der Waals surface area contributed by atoms with Gasteiger partial charge in [-0.2, -0.15) is 0 Å². The molecule has 3 aromatic rings. The zero-order chi connectivity index (χ0) is 17.8. The molecule has 0 saturated carbocycles. The van der Waals surface area contributed by atoms with E-state index in [1.165, 1.54) is 17.7 Å². The number of furan rings is 1. The highest BCUT2D eigenvalue weighted by molar-refractivity contribution is 7.10. The lowest BCUT2D eigenvalue weighted by molar-refractivity contribution is -0.116. The smallest absolute Gasteiger partial charge is 0.244 e. The third-order valence-electron chi connectivity index (χ3n) is 4.77. The van der Waals surface area contributed by atoms with Gasteiger partial charge in [-0.15, -0.1) is 11.3 Å². The van der Waals surface area contributed by atoms with Crippen LogP contribution >= 0.6 is 11.3 Å². The number of hydrogen-bond acceptors (Lipinski definition) is 4. The number of thiophene rings is 1. The van der Waals surface area contributed by atoms with Crippen LogP contribution in [0.2, 0.25) is 0 Å². The normalized spacial score (nSPS) is 16.5. The van der Waals surface area contributed by atoms with Gasteiger partial charge in [0.15, 0.2) is 0 Å². The number of rotatable bonds is 6. The summed E-state index contributed by atoms with van der Waals surface area (Å²) in [7, 11) is 0. The monoisotopic (exact) mass is 366 g/mol. The number of amides is 1. The van der Waals surface area contributed by atoms with Crippen LogP contribution in [-0.4, -0.2) is 30.4 Å². The van der Waals surface area contributed by atoms with Crippen molar-refractivity contribution in [1.82, 2.24) is 10.2 Å². The molecule has 1 fully saturated rings. The number of benzene rings is 1. The predicted molar refractivity (Wildman–Crippen MR) is 106 cm³/mol. The van der Waals surface area contributed by atoms with Crippen molar-refractivity contribution >= 4 is 34.3 Å². The molecule has 1 N–H and O–H groups in total. The van der Waals surface area contributed by atoms with E-state index >= 15 is 0 Å². The van der Waals surface area contributed by atoms with E-state index in [9.17, 15) is 4.79 Å². The van der Waals surface area contributed by atoms with Crippen molar-refractivity contribution in [2.24, 2.45) is 0 Å². The first-order valence-electron chi connectivity index (χ1n) is 9.01. The standard InChI is InChI=1S/C21H22N2O2S/c24-21(10-9-17-14-16-6-1-2-7-19(16)25-17)22-15-18(20-8-5-13-26-20)23-11-3-4-12-23/h1-2,5-10,13-14,18H,3-4,11-12,15H2,(H,22,24)/b10-9+. The Labute approximate surface area is 157 Å². The van der Waals surface area contributed by atoms with Crippen LogP contribution in [0.4, 0.5) is 0 Å². The van der Waals surface area contributed by atoms with Crippen LogP contribution in [0.15, 0.2) is 58.3 Å². The fourth-order valence-electron chi connectivity index (χ4n) is 3.44. The molecule has 1 atom stereocenters. The van der Waals surface area contributed by atoms with Crippen molar-refractivity contribution < 1.29 is 9.21 Å². The SMILES string of the molecule is O=C(/C=C/c1cc2ccccc2o1)NCC(c1cccs1)N1CCCC1. The average molecular weight is 366 g/mol. The van der Waals surface area contributed by atoms with E-state index in [0.717, 1.165) is 24.1 Å². The summed E-state index contributed by atoms with van der Waals surface area (Å²) in [5, 5.41) is 6.19. The summed E-state index contributed by atoms with van der Waals surface area (Å²) in [5.41, 5.74) is 0.833. The molecule has 1 aliphatic heterocycles. The third-order valence-corrected chi connectivity index (χ3v) is 5.74. The highest BCUT2D eigenvalue weighted by Crippen LogP contribution is 2.27. The topological polar surface area (TPSA) is 45.5 Å². The third kappa shape index (κ3) is 3.89. The molecule has 134 valence electrons. The van der Waals surface area contributed by atoms with Gasteiger partial charge in [0.05, 0.1) is 6.04 Å². The Kier molecular flexibility index (Phi) is 5.18. The molecule has 5 heteroatoms. The summed E-state index contributed by atoms with van der Waals surface area (Å²) in [5.74, 6) is 0.599. The second kappa shape index (κ2) is 7.89. The van der Waals surface area contributed by atoms with Crippen LogP contribution in [0.1, 0.15) is 29.5 Å². The van der Waals surface area contributed by atoms with Crippen molar-refractivity contribution in [3.63, 3.8) is 0 Å². The number of hydrogen-bond donors (Lipinski definition) is 1. The largest absolute Gasteiger partial charge is 0.457 e. The first kappa shape index (κ1) is 17.1. The summed E-state index contributed by atoms with van der Waals surface area (Å²) in [4.78, 5) is 16.0. The first-order chi connectivity index (χ1) is 12.8. The van der Waals surface area contributed by atoms with Crippen molar-refractivity contribution in [3.8, 4) is 0 Å². The fourth-order valence-corrected chi connectivity index (χ4v) is 4.30. The Bertz CT molecular complexity index is 859. The Hall–Kier alpha value is -2.37. The van der Waals surface area contributed by atoms with Gasteiger partial charge in [0.1, 0.15) is 11.3 Å². The van der Waals surface area contributed by atoms with Gasteiger partial charge in [-0.1, -0.05) is 24.3 Å². The van der Waals surface area contributed by atoms with Crippen molar-refractivity contribution in [3.05, 3.63) is 64.6 Å². The Morgan fingerprint density at radius 1 is 1.23 bits per heavy atom. The summed E-state index contributed by atoms with van der Waals surface area (Å²) < 4.78 is 5.71. The Balaban J connectivity index is 1.38. The maximum absolute atomic E-state index is 12.3. The van der Waals surface area contributed by atoms with E-state index in [4.69, 9.17) is 4.42 Å². The number of carbonyl (C=O) groups is 1. The van der Waals surface area contributed by atoms with Crippen LogP contribution in [-0.2, 0) is 4.79 Å². The highest BCUT2D eigenvalue weighted by atomic mass is 32.1. The molecule has 0 radical (unpaired) electrons. The van der Waals surface area contributed by atoms with E-state index in [0.29, 0.717) is 12.3 Å². The second-order valence-corrected chi connectivity index (χ2v) is 7.52. The van der Waals surface area contributed by atoms with Crippen molar-refractivity contribution in [2.45, 2.75) is 18.9 Å². The number of carbonyl (C=O) groups excluding carboxylic acids is 1. The van der Waals surface area contributed by atoms with Crippen LogP contribution < -0.4 is 5.32 Å². The Morgan fingerprint density at radius 3 is 2.85 bits per heavy atom. The van der Waals surface area contributed by atoms with Crippen LogP contribution in [0.5, 0.6) is 0 Å². The zero-order valence-electron chi connectivity index (χ0n) is 14.6. The summed E-state index contributed by atoms with van der Waals surface area (Å²) in [6.07, 6.45) is 5.75. The lowest BCUT2D eigenvalue weighted by Gasteiger charge is -2.26. The molecule has 1 aliphatic rings. The number of para-hydroxylation sites is 1. The van der Waals surface area contributed by atoms with E-state index in [1.54, 1.807) is 23.5 Å². The predicted octanol–water partition coefficient (Wildman–Crippen LogP) is 4.46. The van der Waals surface area contributed by atoms with E-state index < -0.39 is 0 Å². The minimum atomic E-state index is -0.0915. The number of fused-ring (bicyclic) bond motifs is 1. The molecular formula is C21H22N2O2S. The quantitative estimate of drug-likeness (QED) is 0.655. The molecule has 0 aliphatic carbocycles. The van der Waals surface area contributed by atoms with E-state index in [-0.39, 0.29) is 11.9 Å². The zero-order valence-corrected chi connectivity index (χ0v) is 15.4. The minimum Gasteiger partial charge on any atom is -0.457 e. The molecule has 1 saturated heterocycles. The van der Waals surface area contributed by atoms with Crippen LogP contribution in [0.25, 0.3) is 17.0 Å². The van der Waals surface area contributed by atoms with Crippen molar-refractivity contribution in [2.75, 3.05) is 19.6 Å². The van der Waals surface area contributed by atoms with Gasteiger partial charge in [0, 0.05) is 22.9 Å². The van der Waals surface area contributed by atoms with Gasteiger partial charge in [-0.05, 0) is 55.6 Å². The van der Waals surface area contributed by atoms with Crippen molar-refractivity contribution in [1.29, 1.82) is 0 Å². The molecule has 0 spiro atoms. The van der Waals surface area contributed by atoms with Gasteiger partial charge in [0.2, 0.25) is 5.91 Å². The average Bonchev–Trinajstić information content (AvgIpc) is 3.40. The van der Waals surface area contributed by atoms with Gasteiger partial charge < -0.3 is 9.73 Å². The fraction of sp³-hybridized carbons (Fsp3) is 0.286. The van der Waals surface area contributed by atoms with Crippen LogP contribution in [0.3, 0.4) is 0 Å². The van der Waals surface area contributed by atoms with Gasteiger partial charge in [-0.3, -0.25) is 9.69 Å². The van der Waals surface area contributed by atoms with Gasteiger partial charge in [-0.25, -0.2) is 0 Å². The lowest BCUT2D eigenvalue weighted by Crippen LogP contribution is -2.35. The molecule has 2 aromatic heterocycles. The second-order valence-electron chi connectivity index (χ2n) is 6.54. The van der Waals surface area contributed by atoms with Gasteiger partial charge in [0.25, 0.3) is 0 Å². The molecule has 4 nitrogen and oxygen atoms in total. The summed E-state index contributed by atoms with van der Waals surface area (Å²) >= 11 is 1.76. The number of nitrogens with zero attached hydrogens (tertiary/aromatic N) is 1. The van der Waals surface area contributed by atoms with Gasteiger partial charge >= 0.3 is 0 Å². The molecule has 26 heavy (non-hydrogen) atoms. The molecule has 4 rings (SSSR count). The molecular weight excluding hydrogens is 344 g/mol. The number of nitrogens with one attached hydrogen (secondary N) is 1. The number of likely N-dealkylation sites (tertiary alicyclic amines) is 1. The van der Waals surface area contributed by atoms with E-state index in [2.05, 4.69) is 27.7 Å². The maximum atomic E-state index is 12.3. The molecule has 1 aromatic carbocycles.